The number of nitrogens with one attached hydrogen (secondary N) is 1. The van der Waals surface area contributed by atoms with Gasteiger partial charge < -0.3 is 24.4 Å². The smallest absolute Gasteiger partial charge is 0.264 e. The maximum Gasteiger partial charge on any atom is 0.264 e. The first-order valence-electron chi connectivity index (χ1n) is 14.0. The number of aromatic nitrogens is 3. The van der Waals surface area contributed by atoms with Gasteiger partial charge in [-0.05, 0) is 26.1 Å². The van der Waals surface area contributed by atoms with Gasteiger partial charge in [-0.2, -0.15) is 5.10 Å². The number of hydrogen-bond acceptors (Lipinski definition) is 7. The predicted octanol–water partition coefficient (Wildman–Crippen LogP) is 3.05. The number of anilines is 2. The maximum absolute atomic E-state index is 15.7. The number of benzene rings is 1. The van der Waals surface area contributed by atoms with Gasteiger partial charge in [0.15, 0.2) is 0 Å². The van der Waals surface area contributed by atoms with Crippen molar-refractivity contribution in [1.29, 1.82) is 0 Å². The molecule has 0 aliphatic carbocycles. The Hall–Kier alpha value is -3.68. The fourth-order valence-electron chi connectivity index (χ4n) is 5.31. The highest BCUT2D eigenvalue weighted by atomic mass is 19.3. The van der Waals surface area contributed by atoms with E-state index in [2.05, 4.69) is 27.1 Å². The van der Waals surface area contributed by atoms with Crippen molar-refractivity contribution in [2.24, 2.45) is 7.05 Å². The molecule has 2 aromatic heterocycles. The number of ether oxygens (including phenoxy) is 1. The Morgan fingerprint density at radius 3 is 2.57 bits per heavy atom. The highest BCUT2D eigenvalue weighted by Gasteiger charge is 2.27. The lowest BCUT2D eigenvalue weighted by Gasteiger charge is -2.39. The van der Waals surface area contributed by atoms with E-state index in [0.717, 1.165) is 43.0 Å². The third-order valence-electron chi connectivity index (χ3n) is 8.07. The van der Waals surface area contributed by atoms with Crippen molar-refractivity contribution < 1.29 is 22.7 Å². The zero-order valence-corrected chi connectivity index (χ0v) is 24.0. The molecule has 2 saturated heterocycles. The standard InChI is InChI=1S/C29H36F3N7O3/c1-19-16-38(6-4-35(19)2)26-14-24(30)21(20-15-33-39(17-20)7-5-37-8-10-42-11-9-37)12-25(26)34-29(41)23-18-36(3)27(40)13-22(23)28(31)32/h12-15,17-19,28H,4-11,16H2,1-3H3,(H,34,41)/t19-/m0/s1. The molecule has 0 spiro atoms. The maximum atomic E-state index is 15.7. The van der Waals surface area contributed by atoms with Crippen molar-refractivity contribution in [2.45, 2.75) is 25.9 Å². The molecule has 2 aliphatic rings. The minimum atomic E-state index is -3.02. The lowest BCUT2D eigenvalue weighted by molar-refractivity contribution is 0.0360. The second-order valence-corrected chi connectivity index (χ2v) is 10.9. The van der Waals surface area contributed by atoms with Crippen molar-refractivity contribution in [3.63, 3.8) is 0 Å². The van der Waals surface area contributed by atoms with E-state index in [9.17, 15) is 18.4 Å². The highest BCUT2D eigenvalue weighted by molar-refractivity contribution is 6.07. The van der Waals surface area contributed by atoms with Crippen LogP contribution in [0.4, 0.5) is 24.5 Å². The quantitative estimate of drug-likeness (QED) is 0.434. The molecule has 0 radical (unpaired) electrons. The van der Waals surface area contributed by atoms with Crippen molar-refractivity contribution in [3.8, 4) is 11.1 Å². The number of carbonyl (C=O) groups is 1. The van der Waals surface area contributed by atoms with Gasteiger partial charge in [0.25, 0.3) is 17.9 Å². The second-order valence-electron chi connectivity index (χ2n) is 10.9. The van der Waals surface area contributed by atoms with Crippen LogP contribution >= 0.6 is 0 Å². The fraction of sp³-hybridized carbons (Fsp3) is 0.483. The summed E-state index contributed by atoms with van der Waals surface area (Å²) in [6.07, 6.45) is 1.40. The third-order valence-corrected chi connectivity index (χ3v) is 8.07. The van der Waals surface area contributed by atoms with Crippen LogP contribution in [0.3, 0.4) is 0 Å². The Labute approximate surface area is 242 Å². The number of carbonyl (C=O) groups excluding carboxylic acids is 1. The van der Waals surface area contributed by atoms with Crippen molar-refractivity contribution in [3.05, 3.63) is 64.1 Å². The number of nitrogens with zero attached hydrogens (tertiary/aromatic N) is 6. The fourth-order valence-corrected chi connectivity index (χ4v) is 5.31. The molecule has 4 heterocycles. The van der Waals surface area contributed by atoms with E-state index >= 15 is 4.39 Å². The van der Waals surface area contributed by atoms with E-state index in [1.54, 1.807) is 17.1 Å². The number of piperazine rings is 1. The summed E-state index contributed by atoms with van der Waals surface area (Å²) in [6, 6.07) is 3.84. The van der Waals surface area contributed by atoms with Gasteiger partial charge in [-0.3, -0.25) is 19.2 Å². The third kappa shape index (κ3) is 6.53. The van der Waals surface area contributed by atoms with Crippen LogP contribution in [0.2, 0.25) is 0 Å². The van der Waals surface area contributed by atoms with Crippen LogP contribution < -0.4 is 15.8 Å². The monoisotopic (exact) mass is 587 g/mol. The Bertz CT molecular complexity index is 1490. The lowest BCUT2D eigenvalue weighted by Crippen LogP contribution is -2.50. The molecule has 2 aliphatic heterocycles. The summed E-state index contributed by atoms with van der Waals surface area (Å²) in [4.78, 5) is 31.9. The molecule has 1 atom stereocenters. The molecule has 13 heteroatoms. The summed E-state index contributed by atoms with van der Waals surface area (Å²) in [5, 5.41) is 7.16. The highest BCUT2D eigenvalue weighted by Crippen LogP contribution is 2.36. The summed E-state index contributed by atoms with van der Waals surface area (Å²) in [5.41, 5.74) is -0.150. The van der Waals surface area contributed by atoms with Gasteiger partial charge in [-0.15, -0.1) is 0 Å². The van der Waals surface area contributed by atoms with E-state index < -0.39 is 29.3 Å². The molecular formula is C29H36F3N7O3. The van der Waals surface area contributed by atoms with Crippen LogP contribution in [-0.4, -0.2) is 95.6 Å². The molecular weight excluding hydrogens is 551 g/mol. The van der Waals surface area contributed by atoms with Gasteiger partial charge in [0.1, 0.15) is 5.82 Å². The molecule has 42 heavy (non-hydrogen) atoms. The molecule has 2 fully saturated rings. The summed E-state index contributed by atoms with van der Waals surface area (Å²) in [6.45, 7) is 8.43. The average Bonchev–Trinajstić information content (AvgIpc) is 3.44. The Morgan fingerprint density at radius 2 is 1.86 bits per heavy atom. The molecule has 1 aromatic carbocycles. The first-order chi connectivity index (χ1) is 20.1. The topological polar surface area (TPSA) is 87.9 Å². The minimum absolute atomic E-state index is 0.170. The Kier molecular flexibility index (Phi) is 8.99. The van der Waals surface area contributed by atoms with E-state index in [1.807, 2.05) is 11.9 Å². The number of pyridine rings is 1. The van der Waals surface area contributed by atoms with E-state index in [-0.39, 0.29) is 22.9 Å². The van der Waals surface area contributed by atoms with Gasteiger partial charge in [-0.1, -0.05) is 0 Å². The van der Waals surface area contributed by atoms with Crippen LogP contribution in [0.5, 0.6) is 0 Å². The van der Waals surface area contributed by atoms with E-state index in [1.165, 1.54) is 19.2 Å². The summed E-state index contributed by atoms with van der Waals surface area (Å²) in [5.74, 6) is -1.30. The van der Waals surface area contributed by atoms with Crippen LogP contribution in [0.15, 0.2) is 41.6 Å². The SMILES string of the molecule is C[C@H]1CN(c2cc(F)c(-c3cnn(CCN4CCOCC4)c3)cc2NC(=O)c2cn(C)c(=O)cc2C(F)F)CCN1C. The molecule has 5 rings (SSSR count). The number of halogens is 3. The van der Waals surface area contributed by atoms with Crippen molar-refractivity contribution >= 4 is 17.3 Å². The number of likely N-dealkylation sites (N-methyl/N-ethyl adjacent to an activating group) is 1. The molecule has 1 N–H and O–H groups in total. The van der Waals surface area contributed by atoms with E-state index in [0.29, 0.717) is 44.1 Å². The molecule has 0 unspecified atom stereocenters. The number of morpholine rings is 1. The van der Waals surface area contributed by atoms with Crippen molar-refractivity contribution in [1.82, 2.24) is 24.1 Å². The van der Waals surface area contributed by atoms with Crippen LogP contribution in [0.25, 0.3) is 11.1 Å². The van der Waals surface area contributed by atoms with Crippen LogP contribution in [-0.2, 0) is 18.3 Å². The number of hydrogen-bond donors (Lipinski definition) is 1. The zero-order chi connectivity index (χ0) is 30.0. The normalized spacial score (nSPS) is 18.5. The molecule has 3 aromatic rings. The molecule has 226 valence electrons. The molecule has 0 bridgehead atoms. The lowest BCUT2D eigenvalue weighted by atomic mass is 10.0. The predicted molar refractivity (Wildman–Crippen MR) is 154 cm³/mol. The van der Waals surface area contributed by atoms with Gasteiger partial charge in [0.05, 0.1) is 42.9 Å². The van der Waals surface area contributed by atoms with E-state index in [4.69, 9.17) is 4.74 Å². The van der Waals surface area contributed by atoms with Crippen LogP contribution in [0, 0.1) is 5.82 Å². The summed E-state index contributed by atoms with van der Waals surface area (Å²) >= 11 is 0. The average molecular weight is 588 g/mol. The molecule has 1 amide bonds. The Balaban J connectivity index is 1.47. The summed E-state index contributed by atoms with van der Waals surface area (Å²) in [7, 11) is 3.40. The Morgan fingerprint density at radius 1 is 1.10 bits per heavy atom. The minimum Gasteiger partial charge on any atom is -0.379 e. The number of rotatable bonds is 8. The van der Waals surface area contributed by atoms with Gasteiger partial charge in [0.2, 0.25) is 0 Å². The largest absolute Gasteiger partial charge is 0.379 e. The van der Waals surface area contributed by atoms with Crippen LogP contribution in [0.1, 0.15) is 29.3 Å². The van der Waals surface area contributed by atoms with Gasteiger partial charge >= 0.3 is 0 Å². The number of aryl methyl sites for hydroxylation is 1. The zero-order valence-electron chi connectivity index (χ0n) is 24.0. The number of amides is 1. The number of alkyl halides is 2. The first-order valence-corrected chi connectivity index (χ1v) is 14.0. The molecule has 0 saturated carbocycles. The molecule has 10 nitrogen and oxygen atoms in total. The van der Waals surface area contributed by atoms with Gasteiger partial charge in [-0.25, -0.2) is 13.2 Å². The second kappa shape index (κ2) is 12.7. The van der Waals surface area contributed by atoms with Gasteiger partial charge in [0, 0.05) is 87.5 Å². The van der Waals surface area contributed by atoms with Crippen molar-refractivity contribution in [2.75, 3.05) is 69.7 Å². The summed E-state index contributed by atoms with van der Waals surface area (Å²) < 4.78 is 51.5. The first kappa shape index (κ1) is 29.8.